The van der Waals surface area contributed by atoms with Crippen molar-refractivity contribution in [1.82, 2.24) is 15.0 Å². The number of hydrogen-bond acceptors (Lipinski definition) is 3. The van der Waals surface area contributed by atoms with E-state index in [9.17, 15) is 0 Å². The Kier molecular flexibility index (Phi) is 4.61. The minimum atomic E-state index is 0.406. The van der Waals surface area contributed by atoms with E-state index in [0.717, 1.165) is 36.3 Å². The summed E-state index contributed by atoms with van der Waals surface area (Å²) in [6.45, 7) is 1.25. The number of nitrogens with two attached hydrogens (primary N) is 1. The van der Waals surface area contributed by atoms with Crippen molar-refractivity contribution in [3.05, 3.63) is 71.9 Å². The quantitative estimate of drug-likeness (QED) is 0.759. The maximum absolute atomic E-state index is 5.81. The molecular weight excluding hydrogens is 272 g/mol. The van der Waals surface area contributed by atoms with E-state index in [2.05, 4.69) is 46.7 Å². The molecule has 0 aliphatic carbocycles. The smallest absolute Gasteiger partial charge is 0.104 e. The van der Waals surface area contributed by atoms with Gasteiger partial charge in [-0.25, -0.2) is 4.68 Å². The Hall–Kier alpha value is -2.46. The Labute approximate surface area is 130 Å². The third-order valence-corrected chi connectivity index (χ3v) is 3.72. The molecule has 3 aromatic rings. The third kappa shape index (κ3) is 3.23. The number of benzene rings is 2. The van der Waals surface area contributed by atoms with E-state index >= 15 is 0 Å². The van der Waals surface area contributed by atoms with Crippen LogP contribution in [0.2, 0.25) is 0 Å². The highest BCUT2D eigenvalue weighted by molar-refractivity contribution is 5.61. The van der Waals surface area contributed by atoms with Crippen molar-refractivity contribution in [1.29, 1.82) is 0 Å². The topological polar surface area (TPSA) is 56.7 Å². The van der Waals surface area contributed by atoms with Crippen molar-refractivity contribution >= 4 is 0 Å². The van der Waals surface area contributed by atoms with Crippen LogP contribution >= 0.6 is 0 Å². The summed E-state index contributed by atoms with van der Waals surface area (Å²) in [6.07, 6.45) is 2.06. The first-order chi connectivity index (χ1) is 10.9. The molecule has 4 heteroatoms. The van der Waals surface area contributed by atoms with Gasteiger partial charge in [0.25, 0.3) is 0 Å². The molecule has 3 rings (SSSR count). The predicted octanol–water partition coefficient (Wildman–Crippen LogP) is 3.04. The molecular formula is C18H20N4. The summed E-state index contributed by atoms with van der Waals surface area (Å²) in [5.41, 5.74) is 10.2. The van der Waals surface area contributed by atoms with Crippen molar-refractivity contribution in [3.8, 4) is 11.3 Å². The van der Waals surface area contributed by atoms with Gasteiger partial charge in [-0.2, -0.15) is 0 Å². The summed E-state index contributed by atoms with van der Waals surface area (Å²) in [4.78, 5) is 0. The number of rotatable bonds is 6. The van der Waals surface area contributed by atoms with Crippen molar-refractivity contribution in [2.24, 2.45) is 5.73 Å². The Morgan fingerprint density at radius 2 is 1.59 bits per heavy atom. The highest BCUT2D eigenvalue weighted by Crippen LogP contribution is 2.22. The molecule has 1 heterocycles. The third-order valence-electron chi connectivity index (χ3n) is 3.72. The lowest BCUT2D eigenvalue weighted by Crippen LogP contribution is -2.05. The van der Waals surface area contributed by atoms with Gasteiger partial charge in [0.05, 0.1) is 5.69 Å². The Bertz CT molecular complexity index is 704. The first kappa shape index (κ1) is 14.5. The van der Waals surface area contributed by atoms with Crippen LogP contribution in [0, 0.1) is 0 Å². The second-order valence-corrected chi connectivity index (χ2v) is 5.27. The van der Waals surface area contributed by atoms with Gasteiger partial charge in [-0.3, -0.25) is 0 Å². The molecule has 4 nitrogen and oxygen atoms in total. The summed E-state index contributed by atoms with van der Waals surface area (Å²) in [6, 6.07) is 20.7. The minimum Gasteiger partial charge on any atom is -0.325 e. The normalized spacial score (nSPS) is 10.8. The fourth-order valence-electron chi connectivity index (χ4n) is 2.63. The number of hydrogen-bond donors (Lipinski definition) is 1. The summed E-state index contributed by atoms with van der Waals surface area (Å²) < 4.78 is 1.97. The standard InChI is InChI=1S/C18H20N4/c19-14-17-18(16-11-5-2-6-12-16)22(21-20-17)13-7-10-15-8-3-1-4-9-15/h1-6,8-9,11-12H,7,10,13-14,19H2. The maximum Gasteiger partial charge on any atom is 0.104 e. The molecule has 0 unspecified atom stereocenters. The van der Waals surface area contributed by atoms with E-state index < -0.39 is 0 Å². The van der Waals surface area contributed by atoms with E-state index in [1.165, 1.54) is 5.56 Å². The van der Waals surface area contributed by atoms with Gasteiger partial charge in [-0.1, -0.05) is 65.9 Å². The van der Waals surface area contributed by atoms with Crippen LogP contribution in [0.4, 0.5) is 0 Å². The van der Waals surface area contributed by atoms with Gasteiger partial charge < -0.3 is 5.73 Å². The second-order valence-electron chi connectivity index (χ2n) is 5.27. The molecule has 0 atom stereocenters. The zero-order valence-corrected chi connectivity index (χ0v) is 12.5. The van der Waals surface area contributed by atoms with Gasteiger partial charge in [0.2, 0.25) is 0 Å². The fraction of sp³-hybridized carbons (Fsp3) is 0.222. The molecule has 0 radical (unpaired) electrons. The highest BCUT2D eigenvalue weighted by Gasteiger charge is 2.13. The summed E-state index contributed by atoms with van der Waals surface area (Å²) in [5.74, 6) is 0. The number of nitrogens with zero attached hydrogens (tertiary/aromatic N) is 3. The van der Waals surface area contributed by atoms with E-state index in [1.54, 1.807) is 0 Å². The molecule has 22 heavy (non-hydrogen) atoms. The van der Waals surface area contributed by atoms with Crippen molar-refractivity contribution in [2.75, 3.05) is 0 Å². The van der Waals surface area contributed by atoms with Crippen LogP contribution in [-0.4, -0.2) is 15.0 Å². The van der Waals surface area contributed by atoms with Gasteiger partial charge in [-0.05, 0) is 18.4 Å². The summed E-state index contributed by atoms with van der Waals surface area (Å²) >= 11 is 0. The number of aromatic nitrogens is 3. The van der Waals surface area contributed by atoms with Crippen LogP contribution in [-0.2, 0) is 19.5 Å². The Balaban J connectivity index is 1.75. The van der Waals surface area contributed by atoms with E-state index in [1.807, 2.05) is 28.9 Å². The molecule has 0 amide bonds. The van der Waals surface area contributed by atoms with Crippen LogP contribution < -0.4 is 5.73 Å². The minimum absolute atomic E-state index is 0.406. The molecule has 0 saturated carbocycles. The van der Waals surface area contributed by atoms with Gasteiger partial charge >= 0.3 is 0 Å². The molecule has 0 spiro atoms. The molecule has 2 N–H and O–H groups in total. The molecule has 2 aromatic carbocycles. The molecule has 112 valence electrons. The van der Waals surface area contributed by atoms with Crippen LogP contribution in [0.25, 0.3) is 11.3 Å². The zero-order chi connectivity index (χ0) is 15.2. The van der Waals surface area contributed by atoms with E-state index in [-0.39, 0.29) is 0 Å². The monoisotopic (exact) mass is 292 g/mol. The van der Waals surface area contributed by atoms with Crippen LogP contribution in [0.1, 0.15) is 17.7 Å². The van der Waals surface area contributed by atoms with Crippen molar-refractivity contribution in [3.63, 3.8) is 0 Å². The van der Waals surface area contributed by atoms with Crippen LogP contribution in [0.15, 0.2) is 60.7 Å². The highest BCUT2D eigenvalue weighted by atomic mass is 15.4. The number of aryl methyl sites for hydroxylation is 2. The Morgan fingerprint density at radius 3 is 2.27 bits per heavy atom. The second kappa shape index (κ2) is 7.00. The van der Waals surface area contributed by atoms with E-state index in [4.69, 9.17) is 5.73 Å². The first-order valence-corrected chi connectivity index (χ1v) is 7.60. The van der Waals surface area contributed by atoms with Gasteiger partial charge in [-0.15, -0.1) is 5.10 Å². The van der Waals surface area contributed by atoms with Crippen molar-refractivity contribution in [2.45, 2.75) is 25.9 Å². The van der Waals surface area contributed by atoms with Gasteiger partial charge in [0.1, 0.15) is 5.69 Å². The molecule has 0 aliphatic rings. The van der Waals surface area contributed by atoms with Gasteiger partial charge in [0.15, 0.2) is 0 Å². The van der Waals surface area contributed by atoms with Gasteiger partial charge in [0, 0.05) is 18.7 Å². The average Bonchev–Trinajstić information content (AvgIpc) is 2.99. The maximum atomic E-state index is 5.81. The summed E-state index contributed by atoms with van der Waals surface area (Å²) in [5, 5.41) is 8.51. The average molecular weight is 292 g/mol. The predicted molar refractivity (Wildman–Crippen MR) is 88.1 cm³/mol. The largest absolute Gasteiger partial charge is 0.325 e. The van der Waals surface area contributed by atoms with Crippen LogP contribution in [0.5, 0.6) is 0 Å². The molecule has 0 saturated heterocycles. The van der Waals surface area contributed by atoms with Crippen LogP contribution in [0.3, 0.4) is 0 Å². The summed E-state index contributed by atoms with van der Waals surface area (Å²) in [7, 11) is 0. The lowest BCUT2D eigenvalue weighted by molar-refractivity contribution is 0.563. The first-order valence-electron chi connectivity index (χ1n) is 7.60. The molecule has 0 aliphatic heterocycles. The molecule has 0 bridgehead atoms. The van der Waals surface area contributed by atoms with E-state index in [0.29, 0.717) is 6.54 Å². The lowest BCUT2D eigenvalue weighted by Gasteiger charge is -2.08. The molecule has 1 aromatic heterocycles. The zero-order valence-electron chi connectivity index (χ0n) is 12.5. The SMILES string of the molecule is NCc1nnn(CCCc2ccccc2)c1-c1ccccc1. The fourth-order valence-corrected chi connectivity index (χ4v) is 2.63. The lowest BCUT2D eigenvalue weighted by atomic mass is 10.1. The Morgan fingerprint density at radius 1 is 0.909 bits per heavy atom. The molecule has 0 fully saturated rings. The van der Waals surface area contributed by atoms with Crippen molar-refractivity contribution < 1.29 is 0 Å².